The van der Waals surface area contributed by atoms with Gasteiger partial charge in [-0.2, -0.15) is 13.2 Å². The van der Waals surface area contributed by atoms with Crippen molar-refractivity contribution in [1.29, 1.82) is 0 Å². The van der Waals surface area contributed by atoms with Gasteiger partial charge in [0.05, 0.1) is 16.3 Å². The van der Waals surface area contributed by atoms with Crippen LogP contribution in [0.1, 0.15) is 11.1 Å². The topological polar surface area (TPSA) is 30.2 Å². The molecule has 4 aromatic rings. The maximum Gasteiger partial charge on any atom is 0.416 e. The van der Waals surface area contributed by atoms with Gasteiger partial charge < -0.3 is 4.42 Å². The van der Waals surface area contributed by atoms with E-state index >= 15 is 0 Å². The molecule has 2 nitrogen and oxygen atoms in total. The summed E-state index contributed by atoms with van der Waals surface area (Å²) in [7, 11) is 0. The maximum absolute atomic E-state index is 12.9. The highest BCUT2D eigenvalue weighted by Crippen LogP contribution is 2.32. The van der Waals surface area contributed by atoms with Crippen molar-refractivity contribution in [3.63, 3.8) is 0 Å². The van der Waals surface area contributed by atoms with Crippen molar-refractivity contribution in [2.24, 2.45) is 0 Å². The van der Waals surface area contributed by atoms with E-state index in [2.05, 4.69) is 0 Å². The van der Waals surface area contributed by atoms with Crippen molar-refractivity contribution in [3.05, 3.63) is 69.9 Å². The van der Waals surface area contributed by atoms with E-state index in [0.29, 0.717) is 5.39 Å². The summed E-state index contributed by atoms with van der Waals surface area (Å²) in [4.78, 5) is 12.6. The molecular formula is C19H11F3O2. The van der Waals surface area contributed by atoms with Crippen molar-refractivity contribution >= 4 is 32.7 Å². The van der Waals surface area contributed by atoms with Gasteiger partial charge in [0.15, 0.2) is 0 Å². The molecule has 0 fully saturated rings. The Balaban J connectivity index is 2.11. The summed E-state index contributed by atoms with van der Waals surface area (Å²) in [5, 5.41) is 2.25. The Morgan fingerprint density at radius 2 is 1.58 bits per heavy atom. The molecule has 0 spiro atoms. The minimum atomic E-state index is -4.48. The predicted octanol–water partition coefficient (Wildman–Crippen LogP) is 5.43. The Morgan fingerprint density at radius 3 is 2.33 bits per heavy atom. The molecule has 0 amide bonds. The molecule has 0 atom stereocenters. The van der Waals surface area contributed by atoms with Gasteiger partial charge in [-0.25, -0.2) is 0 Å². The normalized spacial score (nSPS) is 12.3. The molecule has 4 rings (SSSR count). The zero-order valence-corrected chi connectivity index (χ0v) is 12.6. The fraction of sp³-hybridized carbons (Fsp3) is 0.105. The van der Waals surface area contributed by atoms with Crippen molar-refractivity contribution in [2.75, 3.05) is 0 Å². The number of hydrogen-bond acceptors (Lipinski definition) is 2. The minimum Gasteiger partial charge on any atom is -0.456 e. The molecule has 0 unspecified atom stereocenters. The van der Waals surface area contributed by atoms with Crippen LogP contribution < -0.4 is 5.43 Å². The molecule has 0 aliphatic heterocycles. The van der Waals surface area contributed by atoms with Gasteiger partial charge in [0, 0.05) is 0 Å². The summed E-state index contributed by atoms with van der Waals surface area (Å²) < 4.78 is 44.2. The van der Waals surface area contributed by atoms with Crippen LogP contribution in [-0.4, -0.2) is 0 Å². The molecule has 0 aliphatic carbocycles. The second kappa shape index (κ2) is 4.84. The summed E-state index contributed by atoms with van der Waals surface area (Å²) in [5.41, 5.74) is 0.0974. The number of rotatable bonds is 0. The van der Waals surface area contributed by atoms with Crippen LogP contribution >= 0.6 is 0 Å². The van der Waals surface area contributed by atoms with Crippen LogP contribution in [0.4, 0.5) is 13.2 Å². The van der Waals surface area contributed by atoms with Crippen LogP contribution in [0.25, 0.3) is 32.7 Å². The first kappa shape index (κ1) is 14.8. The quantitative estimate of drug-likeness (QED) is 0.403. The first-order chi connectivity index (χ1) is 11.3. The smallest absolute Gasteiger partial charge is 0.416 e. The van der Waals surface area contributed by atoms with E-state index in [1.807, 2.05) is 25.1 Å². The van der Waals surface area contributed by atoms with Crippen molar-refractivity contribution < 1.29 is 17.6 Å². The zero-order valence-electron chi connectivity index (χ0n) is 12.6. The molecule has 1 aromatic heterocycles. The highest BCUT2D eigenvalue weighted by molar-refractivity contribution is 5.99. The molecular weight excluding hydrogens is 317 g/mol. The molecule has 0 saturated carbocycles. The molecule has 1 heterocycles. The Bertz CT molecular complexity index is 1170. The molecule has 0 bridgehead atoms. The number of fused-ring (bicyclic) bond motifs is 3. The van der Waals surface area contributed by atoms with Crippen LogP contribution in [0.15, 0.2) is 57.7 Å². The lowest BCUT2D eigenvalue weighted by Crippen LogP contribution is -2.07. The van der Waals surface area contributed by atoms with Gasteiger partial charge in [0.2, 0.25) is 5.43 Å². The molecule has 5 heteroatoms. The van der Waals surface area contributed by atoms with Crippen LogP contribution in [-0.2, 0) is 6.18 Å². The Labute approximate surface area is 134 Å². The highest BCUT2D eigenvalue weighted by Gasteiger charge is 2.31. The lowest BCUT2D eigenvalue weighted by molar-refractivity contribution is -0.137. The van der Waals surface area contributed by atoms with Crippen LogP contribution in [0.5, 0.6) is 0 Å². The van der Waals surface area contributed by atoms with E-state index in [4.69, 9.17) is 4.42 Å². The van der Waals surface area contributed by atoms with E-state index in [-0.39, 0.29) is 22.0 Å². The molecule has 120 valence electrons. The number of benzene rings is 3. The fourth-order valence-electron chi connectivity index (χ4n) is 2.89. The van der Waals surface area contributed by atoms with Gasteiger partial charge in [-0.05, 0) is 48.0 Å². The lowest BCUT2D eigenvalue weighted by Gasteiger charge is -2.08. The number of halogens is 3. The zero-order chi connectivity index (χ0) is 17.1. The largest absolute Gasteiger partial charge is 0.456 e. The van der Waals surface area contributed by atoms with Crippen LogP contribution in [0.3, 0.4) is 0 Å². The summed E-state index contributed by atoms with van der Waals surface area (Å²) in [6.45, 7) is 1.94. The van der Waals surface area contributed by atoms with Gasteiger partial charge in [-0.1, -0.05) is 23.8 Å². The molecule has 0 radical (unpaired) electrons. The van der Waals surface area contributed by atoms with Crippen molar-refractivity contribution in [3.8, 4) is 0 Å². The minimum absolute atomic E-state index is 0.0608. The predicted molar refractivity (Wildman–Crippen MR) is 87.2 cm³/mol. The van der Waals surface area contributed by atoms with Gasteiger partial charge in [0.25, 0.3) is 0 Å². The average Bonchev–Trinajstić information content (AvgIpc) is 2.52. The first-order valence-corrected chi connectivity index (χ1v) is 7.31. The molecule has 0 aliphatic rings. The third-order valence-electron chi connectivity index (χ3n) is 4.11. The first-order valence-electron chi connectivity index (χ1n) is 7.31. The van der Waals surface area contributed by atoms with E-state index < -0.39 is 11.7 Å². The summed E-state index contributed by atoms with van der Waals surface area (Å²) in [6, 6.07) is 12.1. The van der Waals surface area contributed by atoms with Gasteiger partial charge in [-0.15, -0.1) is 0 Å². The summed E-state index contributed by atoms with van der Waals surface area (Å²) in [6.07, 6.45) is -4.48. The van der Waals surface area contributed by atoms with E-state index in [1.165, 1.54) is 6.07 Å². The summed E-state index contributed by atoms with van der Waals surface area (Å²) in [5.74, 6) is 0. The Kier molecular flexibility index (Phi) is 2.97. The molecule has 24 heavy (non-hydrogen) atoms. The lowest BCUT2D eigenvalue weighted by atomic mass is 10.0. The maximum atomic E-state index is 12.9. The van der Waals surface area contributed by atoms with Crippen LogP contribution in [0.2, 0.25) is 0 Å². The van der Waals surface area contributed by atoms with E-state index in [0.717, 1.165) is 28.5 Å². The van der Waals surface area contributed by atoms with Crippen molar-refractivity contribution in [1.82, 2.24) is 0 Å². The number of hydrogen-bond donors (Lipinski definition) is 0. The molecule has 3 aromatic carbocycles. The highest BCUT2D eigenvalue weighted by atomic mass is 19.4. The van der Waals surface area contributed by atoms with E-state index in [1.54, 1.807) is 12.1 Å². The Hall–Kier alpha value is -2.82. The standard InChI is InChI=1S/C19H11F3O2/c1-10-2-3-11-7-15-16(8-12(11)6-10)24-17-9-13(19(20,21)22)4-5-14(17)18(15)23/h2-9H,1H3. The van der Waals surface area contributed by atoms with Crippen LogP contribution in [0, 0.1) is 6.92 Å². The Morgan fingerprint density at radius 1 is 0.833 bits per heavy atom. The van der Waals surface area contributed by atoms with Gasteiger partial charge in [0.1, 0.15) is 11.2 Å². The molecule has 0 saturated heterocycles. The monoisotopic (exact) mass is 328 g/mol. The SMILES string of the molecule is Cc1ccc2cc3c(=O)c4ccc(C(F)(F)F)cc4oc3cc2c1. The summed E-state index contributed by atoms with van der Waals surface area (Å²) >= 11 is 0. The second-order valence-electron chi connectivity index (χ2n) is 5.84. The van der Waals surface area contributed by atoms with E-state index in [9.17, 15) is 18.0 Å². The van der Waals surface area contributed by atoms with Gasteiger partial charge in [-0.3, -0.25) is 4.79 Å². The second-order valence-corrected chi connectivity index (χ2v) is 5.84. The number of alkyl halides is 3. The average molecular weight is 328 g/mol. The fourth-order valence-corrected chi connectivity index (χ4v) is 2.89. The molecule has 0 N–H and O–H groups in total. The van der Waals surface area contributed by atoms with Gasteiger partial charge >= 0.3 is 6.18 Å². The number of aryl methyl sites for hydroxylation is 1. The third-order valence-corrected chi connectivity index (χ3v) is 4.11. The van der Waals surface area contributed by atoms with Crippen molar-refractivity contribution in [2.45, 2.75) is 13.1 Å². The third kappa shape index (κ3) is 2.24.